The molecule has 0 aliphatic rings. The van der Waals surface area contributed by atoms with Gasteiger partial charge in [-0.2, -0.15) is 5.26 Å². The van der Waals surface area contributed by atoms with E-state index in [-0.39, 0.29) is 17.2 Å². The summed E-state index contributed by atoms with van der Waals surface area (Å²) in [5.74, 6) is -0.951. The first-order valence-electron chi connectivity index (χ1n) is 5.73. The van der Waals surface area contributed by atoms with Crippen molar-refractivity contribution in [2.75, 3.05) is 5.32 Å². The van der Waals surface area contributed by atoms with Crippen molar-refractivity contribution in [3.05, 3.63) is 51.5 Å². The van der Waals surface area contributed by atoms with Gasteiger partial charge < -0.3 is 5.32 Å². The fraction of sp³-hybridized carbons (Fsp3) is 0.143. The Bertz CT molecular complexity index is 658. The Balaban J connectivity index is 2.17. The lowest BCUT2D eigenvalue weighted by molar-refractivity contribution is 0.103. The molecule has 0 atom stereocenters. The summed E-state index contributed by atoms with van der Waals surface area (Å²) < 4.78 is 13.6. The van der Waals surface area contributed by atoms with Gasteiger partial charge in [0.15, 0.2) is 0 Å². The number of nitrogens with zero attached hydrogens (tertiary/aromatic N) is 1. The predicted molar refractivity (Wildman–Crippen MR) is 72.8 cm³/mol. The average molecular weight is 274 g/mol. The van der Waals surface area contributed by atoms with Gasteiger partial charge in [0.1, 0.15) is 5.82 Å². The lowest BCUT2D eigenvalue weighted by atomic mass is 10.2. The van der Waals surface area contributed by atoms with E-state index in [1.165, 1.54) is 23.5 Å². The number of thiophene rings is 1. The number of aryl methyl sites for hydroxylation is 1. The molecular formula is C14H11FN2OS. The molecule has 0 unspecified atom stereocenters. The Morgan fingerprint density at radius 2 is 2.21 bits per heavy atom. The van der Waals surface area contributed by atoms with E-state index in [1.807, 2.05) is 19.1 Å². The van der Waals surface area contributed by atoms with E-state index in [0.29, 0.717) is 4.88 Å². The van der Waals surface area contributed by atoms with Crippen LogP contribution in [0.1, 0.15) is 27.0 Å². The maximum atomic E-state index is 13.6. The first-order valence-corrected chi connectivity index (χ1v) is 6.55. The Morgan fingerprint density at radius 1 is 1.42 bits per heavy atom. The molecule has 1 N–H and O–H groups in total. The minimum Gasteiger partial charge on any atom is -0.319 e. The molecular weight excluding hydrogens is 263 g/mol. The first-order chi connectivity index (χ1) is 9.13. The molecule has 1 aromatic carbocycles. The highest BCUT2D eigenvalue weighted by Crippen LogP contribution is 2.20. The molecule has 96 valence electrons. The third-order valence-corrected chi connectivity index (χ3v) is 3.81. The van der Waals surface area contributed by atoms with Crippen LogP contribution in [0.3, 0.4) is 0 Å². The summed E-state index contributed by atoms with van der Waals surface area (Å²) >= 11 is 1.39. The van der Waals surface area contributed by atoms with E-state index in [9.17, 15) is 9.18 Å². The van der Waals surface area contributed by atoms with Crippen LogP contribution in [0.25, 0.3) is 0 Å². The molecule has 1 heterocycles. The summed E-state index contributed by atoms with van der Waals surface area (Å²) in [6.45, 7) is 2.01. The van der Waals surface area contributed by atoms with Crippen molar-refractivity contribution in [1.29, 1.82) is 5.26 Å². The third-order valence-electron chi connectivity index (χ3n) is 2.58. The van der Waals surface area contributed by atoms with Gasteiger partial charge in [0.2, 0.25) is 0 Å². The summed E-state index contributed by atoms with van der Waals surface area (Å²) in [7, 11) is 0. The number of hydrogen-bond acceptors (Lipinski definition) is 3. The second-order valence-corrected chi connectivity index (χ2v) is 5.05. The quantitative estimate of drug-likeness (QED) is 0.930. The van der Waals surface area contributed by atoms with Gasteiger partial charge in [0.05, 0.1) is 22.2 Å². The zero-order chi connectivity index (χ0) is 13.8. The minimum absolute atomic E-state index is 0.0791. The largest absolute Gasteiger partial charge is 0.319 e. The van der Waals surface area contributed by atoms with Crippen molar-refractivity contribution in [2.45, 2.75) is 13.3 Å². The van der Waals surface area contributed by atoms with Crippen LogP contribution in [-0.2, 0) is 6.42 Å². The lowest BCUT2D eigenvalue weighted by Crippen LogP contribution is -2.11. The van der Waals surface area contributed by atoms with E-state index >= 15 is 0 Å². The molecule has 0 bridgehead atoms. The molecule has 2 aromatic rings. The van der Waals surface area contributed by atoms with Crippen LogP contribution in [0, 0.1) is 17.1 Å². The SMILES string of the molecule is CCc1ccc(C(=O)Nc2ccc(C#N)cc2F)s1. The molecule has 0 aliphatic heterocycles. The number of carbonyl (C=O) groups is 1. The second kappa shape index (κ2) is 5.63. The number of carbonyl (C=O) groups excluding carboxylic acids is 1. The van der Waals surface area contributed by atoms with Gasteiger partial charge in [-0.3, -0.25) is 4.79 Å². The van der Waals surface area contributed by atoms with Crippen LogP contribution in [-0.4, -0.2) is 5.91 Å². The topological polar surface area (TPSA) is 52.9 Å². The monoisotopic (exact) mass is 274 g/mol. The first kappa shape index (κ1) is 13.2. The van der Waals surface area contributed by atoms with Crippen molar-refractivity contribution >= 4 is 22.9 Å². The van der Waals surface area contributed by atoms with Gasteiger partial charge in [-0.25, -0.2) is 4.39 Å². The van der Waals surface area contributed by atoms with Crippen molar-refractivity contribution in [2.24, 2.45) is 0 Å². The summed E-state index contributed by atoms with van der Waals surface area (Å²) in [5, 5.41) is 11.1. The molecule has 5 heteroatoms. The van der Waals surface area contributed by atoms with E-state index in [1.54, 1.807) is 6.07 Å². The number of amides is 1. The van der Waals surface area contributed by atoms with Gasteiger partial charge in [-0.15, -0.1) is 11.3 Å². The number of nitriles is 1. The maximum Gasteiger partial charge on any atom is 0.265 e. The Morgan fingerprint density at radius 3 is 2.79 bits per heavy atom. The van der Waals surface area contributed by atoms with E-state index in [2.05, 4.69) is 5.32 Å². The number of anilines is 1. The Labute approximate surface area is 114 Å². The third kappa shape index (κ3) is 2.98. The van der Waals surface area contributed by atoms with E-state index in [0.717, 1.165) is 17.4 Å². The molecule has 3 nitrogen and oxygen atoms in total. The van der Waals surface area contributed by atoms with E-state index < -0.39 is 5.82 Å². The van der Waals surface area contributed by atoms with Crippen molar-refractivity contribution in [1.82, 2.24) is 0 Å². The number of halogens is 1. The van der Waals surface area contributed by atoms with Gasteiger partial charge in [-0.05, 0) is 36.8 Å². The minimum atomic E-state index is -0.611. The van der Waals surface area contributed by atoms with Crippen molar-refractivity contribution < 1.29 is 9.18 Å². The number of benzene rings is 1. The Hall–Kier alpha value is -2.19. The van der Waals surface area contributed by atoms with Gasteiger partial charge >= 0.3 is 0 Å². The predicted octanol–water partition coefficient (Wildman–Crippen LogP) is 3.57. The highest BCUT2D eigenvalue weighted by atomic mass is 32.1. The Kier molecular flexibility index (Phi) is 3.93. The molecule has 19 heavy (non-hydrogen) atoms. The molecule has 0 saturated carbocycles. The van der Waals surface area contributed by atoms with Gasteiger partial charge in [0.25, 0.3) is 5.91 Å². The molecule has 1 amide bonds. The van der Waals surface area contributed by atoms with Crippen LogP contribution in [0.2, 0.25) is 0 Å². The molecule has 0 spiro atoms. The van der Waals surface area contributed by atoms with Crippen molar-refractivity contribution in [3.63, 3.8) is 0 Å². The van der Waals surface area contributed by atoms with Gasteiger partial charge in [0, 0.05) is 4.88 Å². The van der Waals surface area contributed by atoms with Crippen molar-refractivity contribution in [3.8, 4) is 6.07 Å². The summed E-state index contributed by atoms with van der Waals surface area (Å²) in [6, 6.07) is 9.40. The van der Waals surface area contributed by atoms with E-state index in [4.69, 9.17) is 5.26 Å². The van der Waals surface area contributed by atoms with Crippen LogP contribution < -0.4 is 5.32 Å². The smallest absolute Gasteiger partial charge is 0.265 e. The number of nitrogens with one attached hydrogen (secondary N) is 1. The van der Waals surface area contributed by atoms with Crippen LogP contribution in [0.5, 0.6) is 0 Å². The fourth-order valence-corrected chi connectivity index (χ4v) is 2.40. The molecule has 1 aromatic heterocycles. The van der Waals surface area contributed by atoms with Gasteiger partial charge in [-0.1, -0.05) is 6.92 Å². The molecule has 0 radical (unpaired) electrons. The van der Waals surface area contributed by atoms with Crippen LogP contribution in [0.4, 0.5) is 10.1 Å². The fourth-order valence-electron chi connectivity index (χ4n) is 1.56. The molecule has 0 fully saturated rings. The summed E-state index contributed by atoms with van der Waals surface area (Å²) in [5.41, 5.74) is 0.301. The number of rotatable bonds is 3. The summed E-state index contributed by atoms with van der Waals surface area (Å²) in [6.07, 6.45) is 0.864. The van der Waals surface area contributed by atoms with Crippen LogP contribution >= 0.6 is 11.3 Å². The van der Waals surface area contributed by atoms with Crippen LogP contribution in [0.15, 0.2) is 30.3 Å². The standard InChI is InChI=1S/C14H11FN2OS/c1-2-10-4-6-13(19-10)14(18)17-12-5-3-9(8-16)7-11(12)15/h3-7H,2H2,1H3,(H,17,18). The molecule has 0 saturated heterocycles. The zero-order valence-electron chi connectivity index (χ0n) is 10.2. The highest BCUT2D eigenvalue weighted by molar-refractivity contribution is 7.14. The highest BCUT2D eigenvalue weighted by Gasteiger charge is 2.11. The second-order valence-electron chi connectivity index (χ2n) is 3.88. The normalized spacial score (nSPS) is 9.95. The number of hydrogen-bond donors (Lipinski definition) is 1. The zero-order valence-corrected chi connectivity index (χ0v) is 11.1. The average Bonchev–Trinajstić information content (AvgIpc) is 2.90. The molecule has 2 rings (SSSR count). The molecule has 0 aliphatic carbocycles. The maximum absolute atomic E-state index is 13.6. The lowest BCUT2D eigenvalue weighted by Gasteiger charge is -2.04. The summed E-state index contributed by atoms with van der Waals surface area (Å²) in [4.78, 5) is 13.6.